The Morgan fingerprint density at radius 1 is 1.53 bits per heavy atom. The monoisotopic (exact) mass is 230 g/mol. The SMILES string of the molecule is O=C(O)[C@@]1(CCCCC2=B[B]C=C2)CCCN1. The summed E-state index contributed by atoms with van der Waals surface area (Å²) < 4.78 is 0. The normalized spacial score (nSPS) is 26.5. The maximum atomic E-state index is 11.3. The van der Waals surface area contributed by atoms with Crippen LogP contribution in [0.2, 0.25) is 0 Å². The molecule has 1 fully saturated rings. The first-order valence-corrected chi connectivity index (χ1v) is 6.42. The molecule has 2 aliphatic heterocycles. The van der Waals surface area contributed by atoms with Crippen LogP contribution in [0.15, 0.2) is 12.1 Å². The Kier molecular flexibility index (Phi) is 4.21. The fourth-order valence-electron chi connectivity index (χ4n) is 2.65. The van der Waals surface area contributed by atoms with Crippen molar-refractivity contribution in [3.63, 3.8) is 0 Å². The molecule has 5 heteroatoms. The Labute approximate surface area is 104 Å². The zero-order valence-corrected chi connectivity index (χ0v) is 10.1. The van der Waals surface area contributed by atoms with Gasteiger partial charge in [-0.1, -0.05) is 0 Å². The number of aliphatic carboxylic acids is 1. The fraction of sp³-hybridized carbons (Fsp3) is 0.667. The van der Waals surface area contributed by atoms with Crippen LogP contribution in [0, 0.1) is 0 Å². The number of allylic oxidation sites excluding steroid dienone is 1. The van der Waals surface area contributed by atoms with E-state index in [1.54, 1.807) is 0 Å². The summed E-state index contributed by atoms with van der Waals surface area (Å²) in [5.74, 6) is 1.37. The van der Waals surface area contributed by atoms with Gasteiger partial charge in [-0.15, -0.1) is 0 Å². The van der Waals surface area contributed by atoms with Crippen molar-refractivity contribution >= 4 is 25.4 Å². The van der Waals surface area contributed by atoms with Gasteiger partial charge in [0, 0.05) is 0 Å². The molecule has 0 aliphatic carbocycles. The van der Waals surface area contributed by atoms with Gasteiger partial charge in [-0.05, 0) is 0 Å². The number of unbranched alkanes of at least 4 members (excludes halogenated alkanes) is 1. The second-order valence-electron chi connectivity index (χ2n) is 4.92. The van der Waals surface area contributed by atoms with Crippen LogP contribution in [0.4, 0.5) is 0 Å². The van der Waals surface area contributed by atoms with Gasteiger partial charge in [-0.3, -0.25) is 0 Å². The zero-order valence-electron chi connectivity index (χ0n) is 10.1. The predicted molar refractivity (Wildman–Crippen MR) is 71.7 cm³/mol. The molecule has 2 heterocycles. The van der Waals surface area contributed by atoms with Crippen molar-refractivity contribution in [2.45, 2.75) is 44.1 Å². The third-order valence-corrected chi connectivity index (χ3v) is 3.70. The van der Waals surface area contributed by atoms with Crippen molar-refractivity contribution in [2.24, 2.45) is 0 Å². The van der Waals surface area contributed by atoms with Crippen LogP contribution in [0.3, 0.4) is 0 Å². The van der Waals surface area contributed by atoms with E-state index < -0.39 is 11.5 Å². The molecule has 1 saturated heterocycles. The third kappa shape index (κ3) is 3.09. The van der Waals surface area contributed by atoms with Gasteiger partial charge < -0.3 is 0 Å². The van der Waals surface area contributed by atoms with Gasteiger partial charge in [-0.25, -0.2) is 0 Å². The number of rotatable bonds is 6. The van der Waals surface area contributed by atoms with E-state index in [0.29, 0.717) is 0 Å². The van der Waals surface area contributed by atoms with Crippen LogP contribution >= 0.6 is 0 Å². The summed E-state index contributed by atoms with van der Waals surface area (Å²) in [7, 11) is 2.05. The van der Waals surface area contributed by atoms with E-state index >= 15 is 0 Å². The standard InChI is InChI=1S/C12H18B2NO2/c16-11(17)12(7-3-9-15-12)6-2-1-4-10-5-8-13-14-10/h5,8,15H,1-4,6-7,9H2,(H,16,17)/t12-/m1/s1. The number of hydrogen-bond acceptors (Lipinski definition) is 2. The average molecular weight is 230 g/mol. The minimum atomic E-state index is -0.677. The number of carboxylic acid groups (broad SMARTS) is 1. The summed E-state index contributed by atoms with van der Waals surface area (Å²) in [6.45, 7) is 2.97. The molecule has 0 unspecified atom stereocenters. The van der Waals surface area contributed by atoms with Gasteiger partial charge in [0.15, 0.2) is 0 Å². The van der Waals surface area contributed by atoms with Gasteiger partial charge in [0.2, 0.25) is 0 Å². The fourth-order valence-corrected chi connectivity index (χ4v) is 2.65. The summed E-state index contributed by atoms with van der Waals surface area (Å²) in [4.78, 5) is 11.3. The zero-order chi connectivity index (χ0) is 12.1. The molecular weight excluding hydrogens is 212 g/mol. The van der Waals surface area contributed by atoms with Crippen LogP contribution in [-0.4, -0.2) is 42.6 Å². The molecule has 1 radical (unpaired) electrons. The molecule has 2 N–H and O–H groups in total. The number of nitrogens with one attached hydrogen (secondary N) is 1. The molecular formula is C12H18B2NO2. The van der Waals surface area contributed by atoms with Crippen molar-refractivity contribution in [3.8, 4) is 0 Å². The van der Waals surface area contributed by atoms with Crippen molar-refractivity contribution < 1.29 is 9.90 Å². The molecule has 2 aliphatic rings. The second-order valence-corrected chi connectivity index (χ2v) is 4.92. The van der Waals surface area contributed by atoms with Gasteiger partial charge in [0.25, 0.3) is 0 Å². The summed E-state index contributed by atoms with van der Waals surface area (Å²) >= 11 is 0. The molecule has 0 spiro atoms. The Morgan fingerprint density at radius 3 is 3.00 bits per heavy atom. The Morgan fingerprint density at radius 2 is 2.41 bits per heavy atom. The third-order valence-electron chi connectivity index (χ3n) is 3.70. The molecule has 17 heavy (non-hydrogen) atoms. The second kappa shape index (κ2) is 5.67. The molecule has 0 amide bonds. The molecule has 1 atom stereocenters. The molecule has 0 aromatic rings. The van der Waals surface area contributed by atoms with Crippen LogP contribution in [0.25, 0.3) is 0 Å². The molecule has 3 nitrogen and oxygen atoms in total. The molecule has 0 aromatic carbocycles. The number of hydrogen-bond donors (Lipinski definition) is 2. The van der Waals surface area contributed by atoms with E-state index in [1.165, 1.54) is 5.46 Å². The summed E-state index contributed by atoms with van der Waals surface area (Å²) in [6.07, 6.45) is 7.74. The number of carbonyl (C=O) groups is 1. The van der Waals surface area contributed by atoms with Gasteiger partial charge in [0.05, 0.1) is 0 Å². The van der Waals surface area contributed by atoms with Crippen molar-refractivity contribution in [3.05, 3.63) is 12.1 Å². The minimum absolute atomic E-state index is 0.633. The Bertz CT molecular complexity index is 346. The van der Waals surface area contributed by atoms with E-state index in [4.69, 9.17) is 0 Å². The van der Waals surface area contributed by atoms with E-state index in [9.17, 15) is 9.90 Å². The Balaban J connectivity index is 1.73. The molecule has 0 aromatic heterocycles. The van der Waals surface area contributed by atoms with Crippen molar-refractivity contribution in [2.75, 3.05) is 6.54 Å². The van der Waals surface area contributed by atoms with Gasteiger partial charge in [-0.2, -0.15) is 0 Å². The van der Waals surface area contributed by atoms with Crippen molar-refractivity contribution in [1.29, 1.82) is 0 Å². The van der Waals surface area contributed by atoms with Crippen LogP contribution in [0.5, 0.6) is 0 Å². The van der Waals surface area contributed by atoms with Gasteiger partial charge >= 0.3 is 103 Å². The van der Waals surface area contributed by atoms with E-state index in [1.807, 2.05) is 13.1 Å². The van der Waals surface area contributed by atoms with E-state index in [2.05, 4.69) is 18.2 Å². The topological polar surface area (TPSA) is 49.3 Å². The van der Waals surface area contributed by atoms with Crippen molar-refractivity contribution in [1.82, 2.24) is 5.32 Å². The van der Waals surface area contributed by atoms with E-state index in [-0.39, 0.29) is 0 Å². The molecule has 2 rings (SSSR count). The van der Waals surface area contributed by atoms with Gasteiger partial charge in [0.1, 0.15) is 0 Å². The average Bonchev–Trinajstić information content (AvgIpc) is 2.96. The molecule has 0 saturated carbocycles. The summed E-state index contributed by atoms with van der Waals surface area (Å²) in [5, 5.41) is 12.4. The number of carboxylic acids is 1. The first kappa shape index (κ1) is 12.6. The molecule has 89 valence electrons. The first-order valence-electron chi connectivity index (χ1n) is 6.42. The maximum absolute atomic E-state index is 11.3. The van der Waals surface area contributed by atoms with Crippen LogP contribution in [0.1, 0.15) is 38.5 Å². The van der Waals surface area contributed by atoms with Crippen LogP contribution in [-0.2, 0) is 4.79 Å². The first-order chi connectivity index (χ1) is 8.23. The van der Waals surface area contributed by atoms with Crippen LogP contribution < -0.4 is 5.32 Å². The Hall–Kier alpha value is -0.830. The summed E-state index contributed by atoms with van der Waals surface area (Å²) in [6, 6.07) is 0. The van der Waals surface area contributed by atoms with E-state index in [0.717, 1.165) is 45.1 Å². The molecule has 0 bridgehead atoms. The quantitative estimate of drug-likeness (QED) is 0.523. The summed E-state index contributed by atoms with van der Waals surface area (Å²) in [5.41, 5.74) is 0.722. The predicted octanol–water partition coefficient (Wildman–Crippen LogP) is 0.777.